The van der Waals surface area contributed by atoms with Crippen molar-refractivity contribution in [2.75, 3.05) is 44.2 Å². The number of benzene rings is 1. The largest absolute Gasteiger partial charge is 0.495 e. The van der Waals surface area contributed by atoms with Gasteiger partial charge in [0.25, 0.3) is 0 Å². The molecule has 1 aromatic heterocycles. The van der Waals surface area contributed by atoms with Gasteiger partial charge >= 0.3 is 6.18 Å². The van der Waals surface area contributed by atoms with Crippen molar-refractivity contribution in [3.8, 4) is 0 Å². The Labute approximate surface area is 189 Å². The highest BCUT2D eigenvalue weighted by Crippen LogP contribution is 2.35. The molecule has 0 bridgehead atoms. The molecule has 4 rings (SSSR count). The van der Waals surface area contributed by atoms with Crippen LogP contribution in [0, 0.1) is 0 Å². The van der Waals surface area contributed by atoms with Crippen molar-refractivity contribution < 1.29 is 22.7 Å². The van der Waals surface area contributed by atoms with Crippen LogP contribution in [0.3, 0.4) is 0 Å². The van der Waals surface area contributed by atoms with Gasteiger partial charge < -0.3 is 9.64 Å². The second kappa shape index (κ2) is 9.31. The van der Waals surface area contributed by atoms with Crippen LogP contribution in [0.1, 0.15) is 25.8 Å². The molecule has 0 aliphatic carbocycles. The highest BCUT2D eigenvalue weighted by atomic mass is 32.2. The Morgan fingerprint density at radius 1 is 1.19 bits per heavy atom. The number of thioether (sulfide) groups is 1. The number of ether oxygens (including phenoxy) is 1. The second-order valence-electron chi connectivity index (χ2n) is 8.13. The van der Waals surface area contributed by atoms with E-state index in [9.17, 15) is 18.0 Å². The number of hydrogen-bond acceptors (Lipinski definition) is 6. The summed E-state index contributed by atoms with van der Waals surface area (Å²) in [4.78, 5) is 20.5. The molecule has 32 heavy (non-hydrogen) atoms. The summed E-state index contributed by atoms with van der Waals surface area (Å²) in [5.41, 5.74) is 1.30. The molecule has 5 nitrogen and oxygen atoms in total. The second-order valence-corrected chi connectivity index (χ2v) is 9.44. The molecule has 2 aromatic rings. The Bertz CT molecular complexity index is 1040. The maximum Gasteiger partial charge on any atom is 0.416 e. The Morgan fingerprint density at radius 2 is 2.00 bits per heavy atom. The van der Waals surface area contributed by atoms with E-state index in [-0.39, 0.29) is 10.4 Å². The molecule has 2 aliphatic rings. The fraction of sp³-hybridized carbons (Fsp3) is 0.478. The summed E-state index contributed by atoms with van der Waals surface area (Å²) in [7, 11) is 0. The monoisotopic (exact) mass is 465 g/mol. The summed E-state index contributed by atoms with van der Waals surface area (Å²) in [5, 5.41) is 0.891. The van der Waals surface area contributed by atoms with Gasteiger partial charge in [-0.05, 0) is 38.5 Å². The molecule has 1 saturated heterocycles. The summed E-state index contributed by atoms with van der Waals surface area (Å²) >= 11 is 1.30. The summed E-state index contributed by atoms with van der Waals surface area (Å²) in [6, 6.07) is 5.64. The number of fused-ring (bicyclic) bond motifs is 1. The lowest BCUT2D eigenvalue weighted by Gasteiger charge is -2.25. The minimum atomic E-state index is -4.38. The van der Waals surface area contributed by atoms with Crippen LogP contribution in [-0.2, 0) is 15.7 Å². The van der Waals surface area contributed by atoms with Gasteiger partial charge in [0, 0.05) is 55.6 Å². The number of nitrogens with zero attached hydrogens (tertiary/aromatic N) is 3. The summed E-state index contributed by atoms with van der Waals surface area (Å²) in [5.74, 6) is 0.790. The SMILES string of the molecule is CC1=C(OCCN2CCCN(c3ccnc4cc(C(F)(F)F)ccc34)CC2)C(C)SC1=O. The number of aromatic nitrogens is 1. The zero-order valence-electron chi connectivity index (χ0n) is 18.1. The summed E-state index contributed by atoms with van der Waals surface area (Å²) < 4.78 is 45.1. The molecule has 2 aliphatic heterocycles. The van der Waals surface area contributed by atoms with E-state index in [4.69, 9.17) is 4.74 Å². The van der Waals surface area contributed by atoms with Crippen LogP contribution < -0.4 is 4.90 Å². The van der Waals surface area contributed by atoms with Gasteiger partial charge in [-0.2, -0.15) is 13.2 Å². The van der Waals surface area contributed by atoms with Crippen LogP contribution in [0.2, 0.25) is 0 Å². The van der Waals surface area contributed by atoms with E-state index in [1.807, 2.05) is 19.9 Å². The molecule has 3 heterocycles. The zero-order valence-corrected chi connectivity index (χ0v) is 18.9. The van der Waals surface area contributed by atoms with E-state index < -0.39 is 11.7 Å². The number of hydrogen-bond donors (Lipinski definition) is 0. The van der Waals surface area contributed by atoms with Crippen molar-refractivity contribution in [1.29, 1.82) is 0 Å². The van der Waals surface area contributed by atoms with Crippen LogP contribution in [0.15, 0.2) is 41.8 Å². The first-order valence-electron chi connectivity index (χ1n) is 10.7. The molecule has 0 spiro atoms. The van der Waals surface area contributed by atoms with Crippen LogP contribution in [0.5, 0.6) is 0 Å². The average Bonchev–Trinajstić information content (AvgIpc) is 2.91. The maximum absolute atomic E-state index is 13.1. The third-order valence-corrected chi connectivity index (χ3v) is 7.06. The van der Waals surface area contributed by atoms with Crippen molar-refractivity contribution >= 4 is 33.5 Å². The highest BCUT2D eigenvalue weighted by molar-refractivity contribution is 8.15. The molecule has 9 heteroatoms. The van der Waals surface area contributed by atoms with Crippen LogP contribution in [0.4, 0.5) is 18.9 Å². The van der Waals surface area contributed by atoms with Gasteiger partial charge in [0.05, 0.1) is 16.3 Å². The Balaban J connectivity index is 1.39. The van der Waals surface area contributed by atoms with Crippen LogP contribution in [-0.4, -0.2) is 59.6 Å². The molecule has 1 fully saturated rings. The topological polar surface area (TPSA) is 45.7 Å². The number of halogens is 3. The molecular weight excluding hydrogens is 439 g/mol. The molecule has 1 atom stereocenters. The minimum absolute atomic E-state index is 0.0694. The fourth-order valence-corrected chi connectivity index (χ4v) is 5.19. The van der Waals surface area contributed by atoms with Crippen molar-refractivity contribution in [3.63, 3.8) is 0 Å². The van der Waals surface area contributed by atoms with E-state index in [0.717, 1.165) is 68.1 Å². The summed E-state index contributed by atoms with van der Waals surface area (Å²) in [6.45, 7) is 8.43. The molecule has 0 amide bonds. The molecular formula is C23H26F3N3O2S. The lowest BCUT2D eigenvalue weighted by atomic mass is 10.1. The Hall–Kier alpha value is -2.26. The van der Waals surface area contributed by atoms with E-state index in [1.165, 1.54) is 17.8 Å². The molecule has 172 valence electrons. The number of carbonyl (C=O) groups excluding carboxylic acids is 1. The molecule has 0 saturated carbocycles. The van der Waals surface area contributed by atoms with Gasteiger partial charge in [-0.25, -0.2) is 0 Å². The number of anilines is 1. The van der Waals surface area contributed by atoms with Crippen molar-refractivity contribution in [1.82, 2.24) is 9.88 Å². The molecule has 0 radical (unpaired) electrons. The smallest absolute Gasteiger partial charge is 0.416 e. The first kappa shape index (κ1) is 22.9. The van der Waals surface area contributed by atoms with Gasteiger partial charge in [0.1, 0.15) is 12.4 Å². The van der Waals surface area contributed by atoms with Crippen LogP contribution in [0.25, 0.3) is 10.9 Å². The Morgan fingerprint density at radius 3 is 2.72 bits per heavy atom. The zero-order chi connectivity index (χ0) is 22.9. The standard InChI is InChI=1S/C23H26F3N3O2S/c1-15-21(16(2)32-22(15)30)31-13-12-28-8-3-9-29(11-10-28)20-6-7-27-19-14-17(23(24,25)26)4-5-18(19)20/h4-7,14,16H,3,8-13H2,1-2H3. The first-order valence-corrected chi connectivity index (χ1v) is 11.6. The van der Waals surface area contributed by atoms with Gasteiger partial charge in [0.2, 0.25) is 5.12 Å². The van der Waals surface area contributed by atoms with Gasteiger partial charge in [-0.15, -0.1) is 0 Å². The number of rotatable bonds is 5. The predicted molar refractivity (Wildman–Crippen MR) is 121 cm³/mol. The maximum atomic E-state index is 13.1. The van der Waals surface area contributed by atoms with Crippen LogP contribution >= 0.6 is 11.8 Å². The van der Waals surface area contributed by atoms with E-state index in [2.05, 4.69) is 14.8 Å². The third-order valence-electron chi connectivity index (χ3n) is 5.97. The van der Waals surface area contributed by atoms with Crippen molar-refractivity contribution in [2.24, 2.45) is 0 Å². The van der Waals surface area contributed by atoms with E-state index in [0.29, 0.717) is 17.7 Å². The van der Waals surface area contributed by atoms with Gasteiger partial charge in [-0.3, -0.25) is 14.7 Å². The normalized spacial score (nSPS) is 20.8. The van der Waals surface area contributed by atoms with Crippen molar-refractivity contribution in [2.45, 2.75) is 31.7 Å². The fourth-order valence-electron chi connectivity index (χ4n) is 4.24. The molecule has 1 unspecified atom stereocenters. The van der Waals surface area contributed by atoms with Gasteiger partial charge in [-0.1, -0.05) is 17.8 Å². The lowest BCUT2D eigenvalue weighted by molar-refractivity contribution is -0.137. The number of alkyl halides is 3. The molecule has 1 aromatic carbocycles. The lowest BCUT2D eigenvalue weighted by Crippen LogP contribution is -2.33. The molecule has 0 N–H and O–H groups in total. The van der Waals surface area contributed by atoms with Gasteiger partial charge in [0.15, 0.2) is 0 Å². The Kier molecular flexibility index (Phi) is 6.67. The average molecular weight is 466 g/mol. The predicted octanol–water partition coefficient (Wildman–Crippen LogP) is 4.72. The summed E-state index contributed by atoms with van der Waals surface area (Å²) in [6.07, 6.45) is -1.86. The number of pyridine rings is 1. The highest BCUT2D eigenvalue weighted by Gasteiger charge is 2.31. The first-order chi connectivity index (χ1) is 15.2. The minimum Gasteiger partial charge on any atom is -0.495 e. The van der Waals surface area contributed by atoms with E-state index in [1.54, 1.807) is 6.20 Å². The third kappa shape index (κ3) is 4.88. The van der Waals surface area contributed by atoms with E-state index >= 15 is 0 Å². The number of carbonyl (C=O) groups is 1. The quantitative estimate of drug-likeness (QED) is 0.637. The van der Waals surface area contributed by atoms with Crippen molar-refractivity contribution in [3.05, 3.63) is 47.4 Å².